The summed E-state index contributed by atoms with van der Waals surface area (Å²) in [5.41, 5.74) is 2.60. The van der Waals surface area contributed by atoms with E-state index in [9.17, 15) is 0 Å². The van der Waals surface area contributed by atoms with Crippen LogP contribution in [0.2, 0.25) is 0 Å². The second kappa shape index (κ2) is 6.83. The minimum Gasteiger partial charge on any atom is -0.0623 e. The van der Waals surface area contributed by atoms with Crippen LogP contribution in [0.15, 0.2) is 71.9 Å². The van der Waals surface area contributed by atoms with Gasteiger partial charge in [-0.15, -0.1) is 0 Å². The molecule has 78 valence electrons. The van der Waals surface area contributed by atoms with E-state index in [1.165, 1.54) is 11.1 Å². The summed E-state index contributed by atoms with van der Waals surface area (Å²) in [6.45, 7) is 4.27. The van der Waals surface area contributed by atoms with Crippen LogP contribution in [0, 0.1) is 0 Å². The van der Waals surface area contributed by atoms with Crippen LogP contribution in [0.5, 0.6) is 0 Å². The molecule has 0 unspecified atom stereocenters. The lowest BCUT2D eigenvalue weighted by molar-refractivity contribution is 1.15. The van der Waals surface area contributed by atoms with Gasteiger partial charge in [0.1, 0.15) is 0 Å². The Labute approximate surface area is 92.7 Å². The highest BCUT2D eigenvalue weighted by Gasteiger charge is 1.84. The second-order valence-electron chi connectivity index (χ2n) is 3.49. The fraction of sp³-hybridized carbons (Fsp3) is 0.200. The Hall–Kier alpha value is -1.56. The normalized spacial score (nSPS) is 16.7. The summed E-state index contributed by atoms with van der Waals surface area (Å²) in [4.78, 5) is 0. The molecule has 1 aliphatic carbocycles. The lowest BCUT2D eigenvalue weighted by Crippen LogP contribution is -1.73. The molecule has 0 amide bonds. The molecule has 0 bridgehead atoms. The van der Waals surface area contributed by atoms with Crippen LogP contribution in [0.1, 0.15) is 20.3 Å². The molecule has 15 heavy (non-hydrogen) atoms. The van der Waals surface area contributed by atoms with Gasteiger partial charge in [-0.1, -0.05) is 73.3 Å². The van der Waals surface area contributed by atoms with Crippen molar-refractivity contribution in [2.75, 3.05) is 0 Å². The van der Waals surface area contributed by atoms with Gasteiger partial charge in [0, 0.05) is 0 Å². The lowest BCUT2D eigenvalue weighted by Gasteiger charge is -1.93. The Morgan fingerprint density at radius 3 is 2.20 bits per heavy atom. The molecule has 0 fully saturated rings. The van der Waals surface area contributed by atoms with Crippen molar-refractivity contribution in [2.24, 2.45) is 0 Å². The molecule has 0 aliphatic heterocycles. The highest BCUT2D eigenvalue weighted by Crippen LogP contribution is 2.04. The third-order valence-electron chi connectivity index (χ3n) is 2.19. The fourth-order valence-electron chi connectivity index (χ4n) is 1.25. The Kier molecular flexibility index (Phi) is 5.24. The Balaban J connectivity index is 2.90. The van der Waals surface area contributed by atoms with Crippen LogP contribution >= 0.6 is 0 Å². The van der Waals surface area contributed by atoms with Crippen molar-refractivity contribution >= 4 is 0 Å². The minimum atomic E-state index is 1.06. The van der Waals surface area contributed by atoms with E-state index in [2.05, 4.69) is 68.5 Å². The van der Waals surface area contributed by atoms with Gasteiger partial charge in [0.05, 0.1) is 0 Å². The molecule has 0 aromatic carbocycles. The Morgan fingerprint density at radius 2 is 1.47 bits per heavy atom. The first-order valence-electron chi connectivity index (χ1n) is 5.38. The van der Waals surface area contributed by atoms with Crippen molar-refractivity contribution < 1.29 is 0 Å². The summed E-state index contributed by atoms with van der Waals surface area (Å²) in [5, 5.41) is 0. The molecule has 0 saturated heterocycles. The third kappa shape index (κ3) is 5.02. The molecule has 0 heterocycles. The van der Waals surface area contributed by atoms with Crippen LogP contribution in [0.4, 0.5) is 0 Å². The number of hydrogen-bond acceptors (Lipinski definition) is 0. The van der Waals surface area contributed by atoms with E-state index in [1.807, 2.05) is 6.08 Å². The summed E-state index contributed by atoms with van der Waals surface area (Å²) >= 11 is 0. The van der Waals surface area contributed by atoms with Crippen LogP contribution in [0.3, 0.4) is 0 Å². The zero-order valence-corrected chi connectivity index (χ0v) is 9.48. The van der Waals surface area contributed by atoms with Gasteiger partial charge >= 0.3 is 0 Å². The van der Waals surface area contributed by atoms with Gasteiger partial charge in [0.25, 0.3) is 0 Å². The van der Waals surface area contributed by atoms with Crippen LogP contribution < -0.4 is 0 Å². The monoisotopic (exact) mass is 198 g/mol. The third-order valence-corrected chi connectivity index (χ3v) is 2.19. The number of rotatable bonds is 1. The second-order valence-corrected chi connectivity index (χ2v) is 3.49. The molecule has 0 radical (unpaired) electrons. The standard InChI is InChI=1S/C15H18/c1-3-15-12-7-5-4-6-10-14(2)11-8-9-13-15/h4-13H,3H2,1-2H3. The topological polar surface area (TPSA) is 0 Å². The van der Waals surface area contributed by atoms with Crippen molar-refractivity contribution in [3.63, 3.8) is 0 Å². The molecule has 0 atom stereocenters. The molecule has 0 aromatic rings. The predicted octanol–water partition coefficient (Wildman–Crippen LogP) is 4.51. The first kappa shape index (κ1) is 11.5. The van der Waals surface area contributed by atoms with Crippen LogP contribution in [-0.2, 0) is 0 Å². The maximum atomic E-state index is 2.17. The largest absolute Gasteiger partial charge is 0.0623 e. The predicted molar refractivity (Wildman–Crippen MR) is 68.7 cm³/mol. The average molecular weight is 198 g/mol. The maximum Gasteiger partial charge on any atom is -0.0307 e. The summed E-state index contributed by atoms with van der Waals surface area (Å²) in [7, 11) is 0. The molecule has 0 nitrogen and oxygen atoms in total. The van der Waals surface area contributed by atoms with Crippen molar-refractivity contribution in [1.29, 1.82) is 0 Å². The summed E-state index contributed by atoms with van der Waals surface area (Å²) in [6.07, 6.45) is 22.0. The van der Waals surface area contributed by atoms with Gasteiger partial charge in [-0.05, 0) is 18.9 Å². The molecule has 0 N–H and O–H groups in total. The van der Waals surface area contributed by atoms with Crippen molar-refractivity contribution in [3.8, 4) is 0 Å². The highest BCUT2D eigenvalue weighted by atomic mass is 13.9. The molecular weight excluding hydrogens is 180 g/mol. The SMILES string of the molecule is CCC1=CC=CC=C(C)C=CC=CC=C1. The smallest absolute Gasteiger partial charge is 0.0307 e. The van der Waals surface area contributed by atoms with Gasteiger partial charge < -0.3 is 0 Å². The highest BCUT2D eigenvalue weighted by molar-refractivity contribution is 5.31. The van der Waals surface area contributed by atoms with Gasteiger partial charge in [0.2, 0.25) is 0 Å². The van der Waals surface area contributed by atoms with Gasteiger partial charge in [-0.2, -0.15) is 0 Å². The van der Waals surface area contributed by atoms with Crippen molar-refractivity contribution in [2.45, 2.75) is 20.3 Å². The molecule has 0 heteroatoms. The molecule has 1 rings (SSSR count). The van der Waals surface area contributed by atoms with Crippen molar-refractivity contribution in [3.05, 3.63) is 71.9 Å². The molecule has 0 aromatic heterocycles. The van der Waals surface area contributed by atoms with E-state index < -0.39 is 0 Å². The maximum absolute atomic E-state index is 2.17. The van der Waals surface area contributed by atoms with E-state index in [-0.39, 0.29) is 0 Å². The summed E-state index contributed by atoms with van der Waals surface area (Å²) < 4.78 is 0. The minimum absolute atomic E-state index is 1.06. The van der Waals surface area contributed by atoms with E-state index in [0.29, 0.717) is 0 Å². The van der Waals surface area contributed by atoms with E-state index >= 15 is 0 Å². The average Bonchev–Trinajstić information content (AvgIpc) is 2.23. The van der Waals surface area contributed by atoms with Gasteiger partial charge in [-0.3, -0.25) is 0 Å². The molecule has 1 aliphatic rings. The Bertz CT molecular complexity index is 357. The number of hydrogen-bond donors (Lipinski definition) is 0. The quantitative estimate of drug-likeness (QED) is 0.581. The van der Waals surface area contributed by atoms with E-state index in [1.54, 1.807) is 0 Å². The lowest BCUT2D eigenvalue weighted by atomic mass is 10.1. The Morgan fingerprint density at radius 1 is 0.800 bits per heavy atom. The fourth-order valence-corrected chi connectivity index (χ4v) is 1.25. The first-order chi connectivity index (χ1) is 7.33. The van der Waals surface area contributed by atoms with E-state index in [0.717, 1.165) is 6.42 Å². The van der Waals surface area contributed by atoms with Crippen LogP contribution in [-0.4, -0.2) is 0 Å². The zero-order valence-electron chi connectivity index (χ0n) is 9.48. The van der Waals surface area contributed by atoms with Crippen molar-refractivity contribution in [1.82, 2.24) is 0 Å². The first-order valence-corrected chi connectivity index (χ1v) is 5.38. The van der Waals surface area contributed by atoms with Gasteiger partial charge in [0.15, 0.2) is 0 Å². The van der Waals surface area contributed by atoms with Gasteiger partial charge in [-0.25, -0.2) is 0 Å². The summed E-state index contributed by atoms with van der Waals surface area (Å²) in [5.74, 6) is 0. The molecule has 0 spiro atoms. The molecular formula is C15H18. The number of allylic oxidation sites excluding steroid dienone is 12. The zero-order chi connectivity index (χ0) is 10.9. The summed E-state index contributed by atoms with van der Waals surface area (Å²) in [6, 6.07) is 0. The molecule has 0 saturated carbocycles. The van der Waals surface area contributed by atoms with E-state index in [4.69, 9.17) is 0 Å². The van der Waals surface area contributed by atoms with Crippen LogP contribution in [0.25, 0.3) is 0 Å².